The van der Waals surface area contributed by atoms with E-state index in [9.17, 15) is 9.90 Å². The van der Waals surface area contributed by atoms with Gasteiger partial charge in [-0.3, -0.25) is 9.69 Å². The van der Waals surface area contributed by atoms with Gasteiger partial charge in [-0.05, 0) is 62.4 Å². The number of β-amino-alcohol motifs (C(OH)–C–C–N with tert-alkyl or cyclic N) is 1. The van der Waals surface area contributed by atoms with Gasteiger partial charge in [0.1, 0.15) is 18.5 Å². The predicted molar refractivity (Wildman–Crippen MR) is 98.8 cm³/mol. The van der Waals surface area contributed by atoms with Crippen molar-refractivity contribution in [1.82, 2.24) is 4.90 Å². The van der Waals surface area contributed by atoms with Crippen molar-refractivity contribution in [2.75, 3.05) is 25.0 Å². The highest BCUT2D eigenvalue weighted by atomic mass is 16.5. The second-order valence-electron chi connectivity index (χ2n) is 7.42. The van der Waals surface area contributed by atoms with E-state index in [2.05, 4.69) is 10.2 Å². The first-order valence-electron chi connectivity index (χ1n) is 9.54. The van der Waals surface area contributed by atoms with E-state index in [4.69, 9.17) is 4.74 Å². The molecular formula is C20H30N2O3. The Morgan fingerprint density at radius 2 is 1.96 bits per heavy atom. The average molecular weight is 346 g/mol. The molecular weight excluding hydrogens is 316 g/mol. The number of amides is 1. The Morgan fingerprint density at radius 3 is 2.72 bits per heavy atom. The molecule has 0 spiro atoms. The molecule has 1 aliphatic heterocycles. The van der Waals surface area contributed by atoms with Crippen LogP contribution in [0.25, 0.3) is 0 Å². The number of likely N-dealkylation sites (tertiary alicyclic amines) is 1. The van der Waals surface area contributed by atoms with Crippen molar-refractivity contribution in [3.05, 3.63) is 24.3 Å². The van der Waals surface area contributed by atoms with Crippen LogP contribution >= 0.6 is 0 Å². The molecule has 2 N–H and O–H groups in total. The molecule has 2 fully saturated rings. The highest BCUT2D eigenvalue weighted by Crippen LogP contribution is 2.35. The zero-order valence-corrected chi connectivity index (χ0v) is 15.1. The molecule has 0 unspecified atom stereocenters. The van der Waals surface area contributed by atoms with Crippen molar-refractivity contribution in [3.63, 3.8) is 0 Å². The number of aliphatic hydroxyl groups excluding tert-OH is 1. The molecule has 1 amide bonds. The lowest BCUT2D eigenvalue weighted by Gasteiger charge is -2.44. The fourth-order valence-corrected chi connectivity index (χ4v) is 4.31. The largest absolute Gasteiger partial charge is 0.491 e. The lowest BCUT2D eigenvalue weighted by molar-refractivity contribution is -0.114. The van der Waals surface area contributed by atoms with Crippen molar-refractivity contribution >= 4 is 11.6 Å². The first-order chi connectivity index (χ1) is 12.1. The summed E-state index contributed by atoms with van der Waals surface area (Å²) in [4.78, 5) is 13.5. The zero-order chi connectivity index (χ0) is 17.6. The Bertz CT molecular complexity index is 559. The second-order valence-corrected chi connectivity index (χ2v) is 7.42. The highest BCUT2D eigenvalue weighted by Gasteiger charge is 2.33. The SMILES string of the molecule is CC(=O)Nc1ccc(OC[C@H](O)CN2CCC[C@H]3CCCC[C@H]32)cc1. The van der Waals surface area contributed by atoms with Gasteiger partial charge in [-0.25, -0.2) is 0 Å². The number of carbonyl (C=O) groups excluding carboxylic acids is 1. The standard InChI is InChI=1S/C20H30N2O3/c1-15(23)21-17-8-10-19(11-9-17)25-14-18(24)13-22-12-4-6-16-5-2-3-7-20(16)22/h8-11,16,18,20,24H,2-7,12-14H2,1H3,(H,21,23)/t16-,18-,20-/m1/s1. The topological polar surface area (TPSA) is 61.8 Å². The van der Waals surface area contributed by atoms with Crippen LogP contribution < -0.4 is 10.1 Å². The summed E-state index contributed by atoms with van der Waals surface area (Å²) < 4.78 is 5.72. The van der Waals surface area contributed by atoms with Crippen molar-refractivity contribution in [2.45, 2.75) is 57.6 Å². The minimum Gasteiger partial charge on any atom is -0.491 e. The number of benzene rings is 1. The number of nitrogens with zero attached hydrogens (tertiary/aromatic N) is 1. The van der Waals surface area contributed by atoms with Crippen LogP contribution in [0.15, 0.2) is 24.3 Å². The van der Waals surface area contributed by atoms with Gasteiger partial charge < -0.3 is 15.2 Å². The number of aliphatic hydroxyl groups is 1. The van der Waals surface area contributed by atoms with E-state index in [1.165, 1.54) is 45.4 Å². The molecule has 1 aromatic carbocycles. The number of hydrogen-bond acceptors (Lipinski definition) is 4. The van der Waals surface area contributed by atoms with Gasteiger partial charge in [-0.1, -0.05) is 12.8 Å². The molecule has 2 aliphatic rings. The second kappa shape index (κ2) is 8.68. The van der Waals surface area contributed by atoms with E-state index in [1.807, 2.05) is 12.1 Å². The maximum Gasteiger partial charge on any atom is 0.221 e. The summed E-state index contributed by atoms with van der Waals surface area (Å²) in [7, 11) is 0. The van der Waals surface area contributed by atoms with Crippen LogP contribution in [0.3, 0.4) is 0 Å². The minimum atomic E-state index is -0.476. The molecule has 0 radical (unpaired) electrons. The number of carbonyl (C=O) groups is 1. The van der Waals surface area contributed by atoms with Gasteiger partial charge in [-0.15, -0.1) is 0 Å². The number of ether oxygens (including phenoxy) is 1. The Balaban J connectivity index is 1.45. The number of fused-ring (bicyclic) bond motifs is 1. The van der Waals surface area contributed by atoms with Gasteiger partial charge in [0.15, 0.2) is 0 Å². The number of nitrogens with one attached hydrogen (secondary N) is 1. The summed E-state index contributed by atoms with van der Waals surface area (Å²) in [5, 5.41) is 13.1. The lowest BCUT2D eigenvalue weighted by Crippen LogP contribution is -2.50. The number of anilines is 1. The van der Waals surface area contributed by atoms with E-state index in [0.717, 1.165) is 18.2 Å². The summed E-state index contributed by atoms with van der Waals surface area (Å²) in [6, 6.07) is 7.90. The molecule has 0 bridgehead atoms. The third-order valence-corrected chi connectivity index (χ3v) is 5.42. The molecule has 1 saturated heterocycles. The molecule has 3 atom stereocenters. The highest BCUT2D eigenvalue weighted by molar-refractivity contribution is 5.88. The van der Waals surface area contributed by atoms with Gasteiger partial charge in [-0.2, -0.15) is 0 Å². The number of hydrogen-bond donors (Lipinski definition) is 2. The molecule has 1 aliphatic carbocycles. The zero-order valence-electron chi connectivity index (χ0n) is 15.1. The Kier molecular flexibility index (Phi) is 6.32. The number of piperidine rings is 1. The minimum absolute atomic E-state index is 0.0911. The van der Waals surface area contributed by atoms with Gasteiger partial charge in [0.05, 0.1) is 0 Å². The molecule has 3 rings (SSSR count). The number of rotatable bonds is 6. The molecule has 5 heteroatoms. The third-order valence-electron chi connectivity index (χ3n) is 5.42. The molecule has 138 valence electrons. The van der Waals surface area contributed by atoms with E-state index >= 15 is 0 Å². The lowest BCUT2D eigenvalue weighted by atomic mass is 9.78. The van der Waals surface area contributed by atoms with Crippen molar-refractivity contribution < 1.29 is 14.6 Å². The normalized spacial score (nSPS) is 25.0. The Morgan fingerprint density at radius 1 is 1.24 bits per heavy atom. The van der Waals surface area contributed by atoms with Gasteiger partial charge >= 0.3 is 0 Å². The van der Waals surface area contributed by atoms with Crippen molar-refractivity contribution in [2.24, 2.45) is 5.92 Å². The maximum absolute atomic E-state index is 11.0. The van der Waals surface area contributed by atoms with Crippen LogP contribution in [0.4, 0.5) is 5.69 Å². The van der Waals surface area contributed by atoms with Crippen LogP contribution in [0.2, 0.25) is 0 Å². The summed E-state index contributed by atoms with van der Waals surface area (Å²) in [5.74, 6) is 1.45. The maximum atomic E-state index is 11.0. The molecule has 0 aromatic heterocycles. The molecule has 1 aromatic rings. The van der Waals surface area contributed by atoms with Crippen LogP contribution in [-0.4, -0.2) is 47.8 Å². The quantitative estimate of drug-likeness (QED) is 0.831. The molecule has 5 nitrogen and oxygen atoms in total. The summed E-state index contributed by atoms with van der Waals surface area (Å²) in [6.07, 6.45) is 7.46. The molecule has 1 saturated carbocycles. The summed E-state index contributed by atoms with van der Waals surface area (Å²) in [5.41, 5.74) is 0.747. The predicted octanol–water partition coefficient (Wildman–Crippen LogP) is 3.04. The van der Waals surface area contributed by atoms with Gasteiger partial charge in [0, 0.05) is 25.2 Å². The van der Waals surface area contributed by atoms with Crippen LogP contribution in [0.1, 0.15) is 45.4 Å². The van der Waals surface area contributed by atoms with Gasteiger partial charge in [0.25, 0.3) is 0 Å². The fourth-order valence-electron chi connectivity index (χ4n) is 4.31. The smallest absolute Gasteiger partial charge is 0.221 e. The van der Waals surface area contributed by atoms with E-state index in [1.54, 1.807) is 12.1 Å². The fraction of sp³-hybridized carbons (Fsp3) is 0.650. The monoisotopic (exact) mass is 346 g/mol. The average Bonchev–Trinajstić information content (AvgIpc) is 2.61. The Hall–Kier alpha value is -1.59. The van der Waals surface area contributed by atoms with Crippen LogP contribution in [0.5, 0.6) is 5.75 Å². The van der Waals surface area contributed by atoms with E-state index < -0.39 is 6.10 Å². The molecule has 25 heavy (non-hydrogen) atoms. The van der Waals surface area contributed by atoms with E-state index in [0.29, 0.717) is 24.9 Å². The molecule has 1 heterocycles. The van der Waals surface area contributed by atoms with Crippen molar-refractivity contribution in [3.8, 4) is 5.75 Å². The third kappa shape index (κ3) is 5.19. The van der Waals surface area contributed by atoms with Crippen molar-refractivity contribution in [1.29, 1.82) is 0 Å². The summed E-state index contributed by atoms with van der Waals surface area (Å²) >= 11 is 0. The first-order valence-corrected chi connectivity index (χ1v) is 9.54. The van der Waals surface area contributed by atoms with Crippen LogP contribution in [0, 0.1) is 5.92 Å². The van der Waals surface area contributed by atoms with E-state index in [-0.39, 0.29) is 5.91 Å². The first kappa shape index (κ1) is 18.2. The summed E-state index contributed by atoms with van der Waals surface area (Å²) in [6.45, 7) is 3.58. The van der Waals surface area contributed by atoms with Crippen LogP contribution in [-0.2, 0) is 4.79 Å². The van der Waals surface area contributed by atoms with Gasteiger partial charge in [0.2, 0.25) is 5.91 Å². The Labute approximate surface area is 150 Å².